The summed E-state index contributed by atoms with van der Waals surface area (Å²) in [6.07, 6.45) is 3.28. The molecule has 0 amide bonds. The lowest BCUT2D eigenvalue weighted by atomic mass is 9.99. The van der Waals surface area contributed by atoms with E-state index in [0.29, 0.717) is 0 Å². The van der Waals surface area contributed by atoms with Crippen molar-refractivity contribution in [1.29, 1.82) is 0 Å². The summed E-state index contributed by atoms with van der Waals surface area (Å²) in [5.41, 5.74) is 14.4. The number of allylic oxidation sites excluding steroid dienone is 2. The molecule has 2 aromatic heterocycles. The second-order valence-electron chi connectivity index (χ2n) is 14.6. The van der Waals surface area contributed by atoms with E-state index < -0.39 is 0 Å². The molecule has 2 heteroatoms. The average Bonchev–Trinajstić information content (AvgIpc) is 3.84. The molecular weight excluding hydrogens is 725 g/mol. The summed E-state index contributed by atoms with van der Waals surface area (Å²) < 4.78 is 4.84. The Labute approximate surface area is 351 Å². The van der Waals surface area contributed by atoms with Crippen LogP contribution in [0.1, 0.15) is 0 Å². The van der Waals surface area contributed by atoms with Gasteiger partial charge in [-0.25, -0.2) is 0 Å². The van der Waals surface area contributed by atoms with E-state index in [1.165, 1.54) is 93.5 Å². The van der Waals surface area contributed by atoms with Crippen LogP contribution in [0, 0.1) is 0 Å². The lowest BCUT2D eigenvalue weighted by Crippen LogP contribution is -1.97. The van der Waals surface area contributed by atoms with Crippen LogP contribution >= 0.6 is 0 Å². The highest BCUT2D eigenvalue weighted by Gasteiger charge is 2.18. The molecule has 0 fully saturated rings. The van der Waals surface area contributed by atoms with Gasteiger partial charge >= 0.3 is 0 Å². The van der Waals surface area contributed by atoms with Gasteiger partial charge in [0.1, 0.15) is 0 Å². The van der Waals surface area contributed by atoms with E-state index in [-0.39, 0.29) is 0 Å². The smallest absolute Gasteiger partial charge is 0.0541 e. The summed E-state index contributed by atoms with van der Waals surface area (Å²) in [6, 6.07) is 75.2. The van der Waals surface area contributed by atoms with Gasteiger partial charge in [-0.05, 0) is 99.3 Å². The Morgan fingerprint density at radius 2 is 0.783 bits per heavy atom. The van der Waals surface area contributed by atoms with Crippen molar-refractivity contribution >= 4 is 54.4 Å². The van der Waals surface area contributed by atoms with E-state index in [9.17, 15) is 0 Å². The molecule has 0 saturated carbocycles. The summed E-state index contributed by atoms with van der Waals surface area (Å²) >= 11 is 0. The van der Waals surface area contributed by atoms with Gasteiger partial charge in [-0.2, -0.15) is 0 Å². The number of para-hydroxylation sites is 3. The molecule has 9 aromatic carbocycles. The fourth-order valence-electron chi connectivity index (χ4n) is 8.55. The van der Waals surface area contributed by atoms with Crippen LogP contribution in [0.3, 0.4) is 0 Å². The third kappa shape index (κ3) is 6.70. The van der Waals surface area contributed by atoms with Crippen molar-refractivity contribution in [3.05, 3.63) is 245 Å². The van der Waals surface area contributed by atoms with Gasteiger partial charge in [0, 0.05) is 32.8 Å². The molecule has 60 heavy (non-hydrogen) atoms. The minimum absolute atomic E-state index is 1.16. The SMILES string of the molecule is C=C.C=CC=C.c1ccc(-c2ccc(-n3c4ccccc4c4cc(-c5ccc6c(c5)c5ccccc5n6-c5ccccc5-c5ccc6ccccc6c5)ccc43)cc2)cc1. The average molecular weight is 769 g/mol. The van der Waals surface area contributed by atoms with Crippen molar-refractivity contribution in [2.24, 2.45) is 0 Å². The Morgan fingerprint density at radius 1 is 0.317 bits per heavy atom. The van der Waals surface area contributed by atoms with E-state index in [0.717, 1.165) is 5.69 Å². The van der Waals surface area contributed by atoms with Crippen LogP contribution in [0.5, 0.6) is 0 Å². The maximum absolute atomic E-state index is 3.36. The van der Waals surface area contributed by atoms with Crippen molar-refractivity contribution in [1.82, 2.24) is 9.13 Å². The summed E-state index contributed by atoms with van der Waals surface area (Å²) in [5, 5.41) is 7.50. The van der Waals surface area contributed by atoms with E-state index in [4.69, 9.17) is 0 Å². The molecule has 2 nitrogen and oxygen atoms in total. The number of hydrogen-bond donors (Lipinski definition) is 0. The van der Waals surface area contributed by atoms with E-state index in [1.807, 2.05) is 0 Å². The zero-order valence-electron chi connectivity index (χ0n) is 33.5. The molecule has 0 aliphatic heterocycles. The van der Waals surface area contributed by atoms with E-state index >= 15 is 0 Å². The second kappa shape index (κ2) is 16.5. The quantitative estimate of drug-likeness (QED) is 0.118. The minimum atomic E-state index is 1.16. The number of fused-ring (bicyclic) bond motifs is 7. The molecule has 0 aliphatic rings. The topological polar surface area (TPSA) is 9.86 Å². The van der Waals surface area contributed by atoms with E-state index in [2.05, 4.69) is 242 Å². The highest BCUT2D eigenvalue weighted by molar-refractivity contribution is 6.13. The molecule has 286 valence electrons. The first-order valence-electron chi connectivity index (χ1n) is 20.2. The van der Waals surface area contributed by atoms with Gasteiger partial charge in [0.15, 0.2) is 0 Å². The van der Waals surface area contributed by atoms with Gasteiger partial charge in [-0.3, -0.25) is 0 Å². The van der Waals surface area contributed by atoms with Crippen LogP contribution in [0.15, 0.2) is 245 Å². The minimum Gasteiger partial charge on any atom is -0.309 e. The lowest BCUT2D eigenvalue weighted by Gasteiger charge is -2.15. The number of rotatable bonds is 6. The van der Waals surface area contributed by atoms with Crippen LogP contribution in [0.2, 0.25) is 0 Å². The summed E-state index contributed by atoms with van der Waals surface area (Å²) in [4.78, 5) is 0. The van der Waals surface area contributed by atoms with Crippen LogP contribution in [-0.4, -0.2) is 9.13 Å². The van der Waals surface area contributed by atoms with Crippen LogP contribution < -0.4 is 0 Å². The normalized spacial score (nSPS) is 10.9. The van der Waals surface area contributed by atoms with Crippen molar-refractivity contribution in [3.63, 3.8) is 0 Å². The van der Waals surface area contributed by atoms with Gasteiger partial charge in [0.05, 0.1) is 27.8 Å². The van der Waals surface area contributed by atoms with E-state index in [1.54, 1.807) is 12.2 Å². The molecule has 0 N–H and O–H groups in total. The Hall–Kier alpha value is -7.94. The maximum Gasteiger partial charge on any atom is 0.0541 e. The molecular formula is C58H44N2. The zero-order valence-corrected chi connectivity index (χ0v) is 33.5. The van der Waals surface area contributed by atoms with Gasteiger partial charge in [0.25, 0.3) is 0 Å². The monoisotopic (exact) mass is 768 g/mol. The summed E-state index contributed by atoms with van der Waals surface area (Å²) in [7, 11) is 0. The van der Waals surface area contributed by atoms with Crippen molar-refractivity contribution in [3.8, 4) is 44.8 Å². The summed E-state index contributed by atoms with van der Waals surface area (Å²) in [6.45, 7) is 12.7. The van der Waals surface area contributed by atoms with Crippen molar-refractivity contribution in [2.75, 3.05) is 0 Å². The fourth-order valence-corrected chi connectivity index (χ4v) is 8.55. The largest absolute Gasteiger partial charge is 0.309 e. The maximum atomic E-state index is 3.36. The third-order valence-corrected chi connectivity index (χ3v) is 11.3. The first kappa shape index (κ1) is 37.6. The van der Waals surface area contributed by atoms with Gasteiger partial charge in [0.2, 0.25) is 0 Å². The first-order valence-corrected chi connectivity index (χ1v) is 20.2. The number of hydrogen-bond acceptors (Lipinski definition) is 0. The van der Waals surface area contributed by atoms with Gasteiger partial charge < -0.3 is 9.13 Å². The number of benzene rings is 9. The predicted molar refractivity (Wildman–Crippen MR) is 261 cm³/mol. The third-order valence-electron chi connectivity index (χ3n) is 11.3. The standard InChI is InChI=1S/C52H34N2.C4H6.C2H4/c1-2-12-35(13-3-1)37-24-28-42(29-25-37)53-49-20-10-7-17-44(49)46-33-39(26-30-51(46)53)40-27-31-52-47(34-40)45-18-8-11-21-50(45)54(52)48-19-9-6-16-43(48)41-23-22-36-14-4-5-15-38(36)32-41;1-3-4-2;1-2/h1-34H;3-4H,1-2H2;1-2H2. The molecule has 0 saturated heterocycles. The Morgan fingerprint density at radius 3 is 1.43 bits per heavy atom. The van der Waals surface area contributed by atoms with Gasteiger partial charge in [-0.15, -0.1) is 13.2 Å². The molecule has 0 spiro atoms. The molecule has 11 rings (SSSR count). The zero-order chi connectivity index (χ0) is 41.0. The second-order valence-corrected chi connectivity index (χ2v) is 14.6. The summed E-state index contributed by atoms with van der Waals surface area (Å²) in [5.74, 6) is 0. The van der Waals surface area contributed by atoms with Crippen molar-refractivity contribution < 1.29 is 0 Å². The molecule has 0 atom stereocenters. The van der Waals surface area contributed by atoms with Crippen LogP contribution in [0.25, 0.3) is 99.1 Å². The predicted octanol–water partition coefficient (Wildman–Crippen LogP) is 16.2. The molecule has 0 unspecified atom stereocenters. The first-order chi connectivity index (χ1) is 29.7. The highest BCUT2D eigenvalue weighted by Crippen LogP contribution is 2.40. The Bertz CT molecular complexity index is 3320. The fraction of sp³-hybridized carbons (Fsp3) is 0. The molecule has 0 bridgehead atoms. The molecule has 0 radical (unpaired) electrons. The van der Waals surface area contributed by atoms with Crippen LogP contribution in [0.4, 0.5) is 0 Å². The Balaban J connectivity index is 0.000000730. The number of nitrogens with zero attached hydrogens (tertiary/aromatic N) is 2. The molecule has 11 aromatic rings. The Kier molecular flexibility index (Phi) is 10.3. The lowest BCUT2D eigenvalue weighted by molar-refractivity contribution is 1.18. The molecule has 2 heterocycles. The highest BCUT2D eigenvalue weighted by atomic mass is 15.0. The van der Waals surface area contributed by atoms with Crippen LogP contribution in [-0.2, 0) is 0 Å². The number of aromatic nitrogens is 2. The molecule has 0 aliphatic carbocycles. The van der Waals surface area contributed by atoms with Gasteiger partial charge in [-0.1, -0.05) is 171 Å². The van der Waals surface area contributed by atoms with Crippen molar-refractivity contribution in [2.45, 2.75) is 0 Å².